The van der Waals surface area contributed by atoms with Crippen molar-refractivity contribution in [3.63, 3.8) is 0 Å². The number of thioether (sulfide) groups is 2. The molecule has 94 valence electrons. The molecule has 3 nitrogen and oxygen atoms in total. The van der Waals surface area contributed by atoms with E-state index >= 15 is 0 Å². The van der Waals surface area contributed by atoms with Crippen molar-refractivity contribution in [2.45, 2.75) is 36.8 Å². The zero-order valence-electron chi connectivity index (χ0n) is 10.3. The highest BCUT2D eigenvalue weighted by atomic mass is 32.2. The summed E-state index contributed by atoms with van der Waals surface area (Å²) in [6.07, 6.45) is 2.82. The highest BCUT2D eigenvalue weighted by molar-refractivity contribution is 8.00. The average Bonchev–Trinajstić information content (AvgIpc) is 2.23. The monoisotopic (exact) mass is 262 g/mol. The second-order valence-electron chi connectivity index (χ2n) is 4.39. The van der Waals surface area contributed by atoms with Crippen molar-refractivity contribution in [2.24, 2.45) is 5.73 Å². The topological polar surface area (TPSA) is 46.3 Å². The Kier molecular flexibility index (Phi) is 6.00. The zero-order chi connectivity index (χ0) is 12.1. The van der Waals surface area contributed by atoms with Gasteiger partial charge < -0.3 is 10.6 Å². The summed E-state index contributed by atoms with van der Waals surface area (Å²) in [5.74, 6) is 1.09. The molecule has 0 aromatic rings. The Morgan fingerprint density at radius 2 is 2.06 bits per heavy atom. The smallest absolute Gasteiger partial charge is 0.239 e. The first-order valence-corrected chi connectivity index (χ1v) is 8.07. The molecule has 1 saturated heterocycles. The molecule has 0 aliphatic carbocycles. The summed E-state index contributed by atoms with van der Waals surface area (Å²) in [6.45, 7) is 6.05. The van der Waals surface area contributed by atoms with Crippen LogP contribution in [0.1, 0.15) is 20.3 Å². The van der Waals surface area contributed by atoms with Crippen LogP contribution in [0.15, 0.2) is 0 Å². The van der Waals surface area contributed by atoms with Crippen molar-refractivity contribution < 1.29 is 4.79 Å². The van der Waals surface area contributed by atoms with E-state index in [1.54, 1.807) is 11.8 Å². The Hall–Kier alpha value is 0.130. The predicted octanol–water partition coefficient (Wildman–Crippen LogP) is 1.42. The van der Waals surface area contributed by atoms with Gasteiger partial charge in [0.15, 0.2) is 0 Å². The van der Waals surface area contributed by atoms with Gasteiger partial charge in [0.2, 0.25) is 5.91 Å². The van der Waals surface area contributed by atoms with Gasteiger partial charge >= 0.3 is 0 Å². The minimum absolute atomic E-state index is 0.132. The molecule has 16 heavy (non-hydrogen) atoms. The highest BCUT2D eigenvalue weighted by Gasteiger charge is 2.28. The van der Waals surface area contributed by atoms with E-state index in [0.29, 0.717) is 10.5 Å². The van der Waals surface area contributed by atoms with Crippen LogP contribution >= 0.6 is 23.5 Å². The number of rotatable bonds is 4. The van der Waals surface area contributed by atoms with Crippen molar-refractivity contribution >= 4 is 29.4 Å². The summed E-state index contributed by atoms with van der Waals surface area (Å²) in [7, 11) is 0. The fourth-order valence-electron chi connectivity index (χ4n) is 1.96. The quantitative estimate of drug-likeness (QED) is 0.832. The molecule has 0 saturated carbocycles. The van der Waals surface area contributed by atoms with E-state index in [1.165, 1.54) is 0 Å². The summed E-state index contributed by atoms with van der Waals surface area (Å²) in [6, 6.07) is -0.310. The summed E-state index contributed by atoms with van der Waals surface area (Å²) < 4.78 is 0. The van der Waals surface area contributed by atoms with Crippen molar-refractivity contribution in [3.8, 4) is 0 Å². The molecule has 1 rings (SSSR count). The van der Waals surface area contributed by atoms with Crippen molar-refractivity contribution in [3.05, 3.63) is 0 Å². The van der Waals surface area contributed by atoms with Crippen LogP contribution in [0.4, 0.5) is 0 Å². The van der Waals surface area contributed by atoms with Crippen LogP contribution in [0.3, 0.4) is 0 Å². The maximum atomic E-state index is 12.1. The molecular weight excluding hydrogens is 240 g/mol. The largest absolute Gasteiger partial charge is 0.339 e. The molecule has 1 aliphatic heterocycles. The Bertz CT molecular complexity index is 228. The number of carbonyl (C=O) groups excluding carboxylic acids is 1. The fourth-order valence-corrected chi connectivity index (χ4v) is 3.78. The Labute approximate surface area is 107 Å². The van der Waals surface area contributed by atoms with E-state index in [-0.39, 0.29) is 11.9 Å². The van der Waals surface area contributed by atoms with E-state index < -0.39 is 0 Å². The van der Waals surface area contributed by atoms with E-state index in [0.717, 1.165) is 25.3 Å². The molecule has 3 atom stereocenters. The summed E-state index contributed by atoms with van der Waals surface area (Å²) in [5, 5.41) is 1.06. The van der Waals surface area contributed by atoms with Crippen LogP contribution < -0.4 is 5.73 Å². The molecule has 2 N–H and O–H groups in total. The predicted molar refractivity (Wildman–Crippen MR) is 74.1 cm³/mol. The van der Waals surface area contributed by atoms with Crippen LogP contribution in [0.5, 0.6) is 0 Å². The standard InChI is InChI=1S/C11H22N2OS2/c1-8-6-13(7-9(2)16-8)11(14)10(12)4-5-15-3/h8-10H,4-7,12H2,1-3H3/t8?,9?,10-/m0/s1. The van der Waals surface area contributed by atoms with Gasteiger partial charge in [-0.15, -0.1) is 0 Å². The van der Waals surface area contributed by atoms with E-state index in [4.69, 9.17) is 5.73 Å². The zero-order valence-corrected chi connectivity index (χ0v) is 11.9. The molecule has 0 bridgehead atoms. The van der Waals surface area contributed by atoms with Gasteiger partial charge in [-0.2, -0.15) is 23.5 Å². The van der Waals surface area contributed by atoms with Crippen LogP contribution in [0.2, 0.25) is 0 Å². The minimum atomic E-state index is -0.310. The maximum absolute atomic E-state index is 12.1. The molecule has 5 heteroatoms. The van der Waals surface area contributed by atoms with Gasteiger partial charge in [0.1, 0.15) is 0 Å². The summed E-state index contributed by atoms with van der Waals surface area (Å²) in [5.41, 5.74) is 5.91. The van der Waals surface area contributed by atoms with Gasteiger partial charge in [-0.25, -0.2) is 0 Å². The fraction of sp³-hybridized carbons (Fsp3) is 0.909. The maximum Gasteiger partial charge on any atom is 0.239 e. The Balaban J connectivity index is 2.45. The van der Waals surface area contributed by atoms with E-state index in [2.05, 4.69) is 13.8 Å². The number of nitrogens with zero attached hydrogens (tertiary/aromatic N) is 1. The van der Waals surface area contributed by atoms with Gasteiger partial charge in [-0.1, -0.05) is 13.8 Å². The summed E-state index contributed by atoms with van der Waals surface area (Å²) in [4.78, 5) is 14.0. The van der Waals surface area contributed by atoms with Gasteiger partial charge in [0.05, 0.1) is 6.04 Å². The van der Waals surface area contributed by atoms with Gasteiger partial charge in [-0.05, 0) is 18.4 Å². The average molecular weight is 262 g/mol. The third-order valence-corrected chi connectivity index (χ3v) is 4.55. The molecule has 0 aromatic heterocycles. The lowest BCUT2D eigenvalue weighted by Gasteiger charge is -2.36. The SMILES string of the molecule is CSCC[C@H](N)C(=O)N1CC(C)SC(C)C1. The third-order valence-electron chi connectivity index (χ3n) is 2.68. The molecule has 1 amide bonds. The Morgan fingerprint density at radius 3 is 2.56 bits per heavy atom. The molecule has 0 radical (unpaired) electrons. The van der Waals surface area contributed by atoms with E-state index in [9.17, 15) is 4.79 Å². The normalized spacial score (nSPS) is 27.9. The minimum Gasteiger partial charge on any atom is -0.339 e. The molecule has 1 aliphatic rings. The van der Waals surface area contributed by atoms with E-state index in [1.807, 2.05) is 22.9 Å². The van der Waals surface area contributed by atoms with Crippen LogP contribution in [-0.4, -0.2) is 52.4 Å². The second kappa shape index (κ2) is 6.77. The number of nitrogens with two attached hydrogens (primary N) is 1. The lowest BCUT2D eigenvalue weighted by Crippen LogP contribution is -2.50. The lowest BCUT2D eigenvalue weighted by atomic mass is 10.2. The molecule has 0 spiro atoms. The van der Waals surface area contributed by atoms with Crippen molar-refractivity contribution in [1.29, 1.82) is 0 Å². The number of amides is 1. The first kappa shape index (κ1) is 14.2. The number of hydrogen-bond donors (Lipinski definition) is 1. The first-order chi connectivity index (χ1) is 7.54. The highest BCUT2D eigenvalue weighted by Crippen LogP contribution is 2.25. The Morgan fingerprint density at radius 1 is 1.50 bits per heavy atom. The van der Waals surface area contributed by atoms with Crippen LogP contribution in [-0.2, 0) is 4.79 Å². The van der Waals surface area contributed by atoms with Crippen LogP contribution in [0, 0.1) is 0 Å². The van der Waals surface area contributed by atoms with Crippen molar-refractivity contribution in [2.75, 3.05) is 25.1 Å². The van der Waals surface area contributed by atoms with Gasteiger partial charge in [0, 0.05) is 23.6 Å². The van der Waals surface area contributed by atoms with Crippen LogP contribution in [0.25, 0.3) is 0 Å². The lowest BCUT2D eigenvalue weighted by molar-refractivity contribution is -0.132. The van der Waals surface area contributed by atoms with Gasteiger partial charge in [-0.3, -0.25) is 4.79 Å². The number of hydrogen-bond acceptors (Lipinski definition) is 4. The number of carbonyl (C=O) groups is 1. The molecule has 0 aromatic carbocycles. The second-order valence-corrected chi connectivity index (χ2v) is 7.26. The van der Waals surface area contributed by atoms with Gasteiger partial charge in [0.25, 0.3) is 0 Å². The molecule has 2 unspecified atom stereocenters. The third kappa shape index (κ3) is 4.18. The summed E-state index contributed by atoms with van der Waals surface area (Å²) >= 11 is 3.69. The molecular formula is C11H22N2OS2. The van der Waals surface area contributed by atoms with Crippen molar-refractivity contribution in [1.82, 2.24) is 4.90 Å². The molecule has 1 heterocycles. The first-order valence-electron chi connectivity index (χ1n) is 5.73. The molecule has 1 fully saturated rings.